The Labute approximate surface area is 157 Å². The van der Waals surface area contributed by atoms with Crippen LogP contribution in [0.2, 0.25) is 5.02 Å². The van der Waals surface area contributed by atoms with Crippen LogP contribution in [0.3, 0.4) is 0 Å². The second-order valence-corrected chi connectivity index (χ2v) is 6.68. The zero-order valence-electron chi connectivity index (χ0n) is 14.2. The maximum atomic E-state index is 13.0. The molecule has 0 bridgehead atoms. The first-order valence-corrected chi connectivity index (χ1v) is 8.97. The van der Waals surface area contributed by atoms with Crippen molar-refractivity contribution in [3.05, 3.63) is 64.7 Å². The van der Waals surface area contributed by atoms with Crippen LogP contribution in [0.25, 0.3) is 0 Å². The Morgan fingerprint density at radius 3 is 2.38 bits per heavy atom. The number of benzene rings is 2. The molecule has 0 radical (unpaired) electrons. The van der Waals surface area contributed by atoms with Crippen LogP contribution < -0.4 is 0 Å². The molecule has 1 amide bonds. The fourth-order valence-corrected chi connectivity index (χ4v) is 3.18. The van der Waals surface area contributed by atoms with E-state index in [4.69, 9.17) is 16.3 Å². The molecule has 1 fully saturated rings. The van der Waals surface area contributed by atoms with Gasteiger partial charge >= 0.3 is 5.97 Å². The van der Waals surface area contributed by atoms with Crippen LogP contribution in [0.1, 0.15) is 41.3 Å². The summed E-state index contributed by atoms with van der Waals surface area (Å²) in [5.74, 6) is -1.28. The van der Waals surface area contributed by atoms with E-state index < -0.39 is 12.1 Å². The standard InChI is InChI=1S/C20H20ClNO4/c21-15-9-10-16(17(23)13-15)20(25)26-18(14-7-3-1-4-8-14)19(24)22-11-5-2-6-12-22/h1,3-4,7-10,13,18,23H,2,5-6,11-12H2/t18-/m0/s1. The van der Waals surface area contributed by atoms with Gasteiger partial charge in [-0.2, -0.15) is 0 Å². The highest BCUT2D eigenvalue weighted by atomic mass is 35.5. The third-order valence-corrected chi connectivity index (χ3v) is 4.63. The predicted octanol–water partition coefficient (Wildman–Crippen LogP) is 3.96. The zero-order valence-corrected chi connectivity index (χ0v) is 15.0. The first-order chi connectivity index (χ1) is 12.6. The van der Waals surface area contributed by atoms with Crippen molar-refractivity contribution < 1.29 is 19.4 Å². The second kappa shape index (κ2) is 8.23. The SMILES string of the molecule is O=C(O[C@H](C(=O)N1CCCCC1)c1ccccc1)c1ccc(Cl)cc1O. The number of halogens is 1. The lowest BCUT2D eigenvalue weighted by Crippen LogP contribution is -2.40. The van der Waals surface area contributed by atoms with Crippen molar-refractivity contribution in [2.24, 2.45) is 0 Å². The number of ether oxygens (including phenoxy) is 1. The van der Waals surface area contributed by atoms with Gasteiger partial charge in [0.05, 0.1) is 0 Å². The molecule has 0 saturated carbocycles. The third-order valence-electron chi connectivity index (χ3n) is 4.40. The number of amides is 1. The van der Waals surface area contributed by atoms with Gasteiger partial charge in [-0.05, 0) is 37.5 Å². The van der Waals surface area contributed by atoms with Gasteiger partial charge in [0.2, 0.25) is 6.10 Å². The summed E-state index contributed by atoms with van der Waals surface area (Å²) in [5.41, 5.74) is 0.576. The first-order valence-electron chi connectivity index (χ1n) is 8.59. The van der Waals surface area contributed by atoms with Crippen molar-refractivity contribution in [3.63, 3.8) is 0 Å². The normalized spacial score (nSPS) is 15.3. The molecule has 1 atom stereocenters. The number of rotatable bonds is 4. The quantitative estimate of drug-likeness (QED) is 0.824. The Balaban J connectivity index is 1.85. The monoisotopic (exact) mass is 373 g/mol. The fraction of sp³-hybridized carbons (Fsp3) is 0.300. The molecule has 6 heteroatoms. The number of hydrogen-bond acceptors (Lipinski definition) is 4. The van der Waals surface area contributed by atoms with Crippen molar-refractivity contribution >= 4 is 23.5 Å². The number of phenolic OH excluding ortho intramolecular Hbond substituents is 1. The van der Waals surface area contributed by atoms with Crippen LogP contribution in [0.15, 0.2) is 48.5 Å². The lowest BCUT2D eigenvalue weighted by Gasteiger charge is -2.30. The van der Waals surface area contributed by atoms with Crippen LogP contribution >= 0.6 is 11.6 Å². The molecule has 136 valence electrons. The molecular formula is C20H20ClNO4. The Morgan fingerprint density at radius 1 is 1.04 bits per heavy atom. The molecule has 2 aromatic carbocycles. The van der Waals surface area contributed by atoms with Crippen molar-refractivity contribution in [2.75, 3.05) is 13.1 Å². The van der Waals surface area contributed by atoms with Crippen molar-refractivity contribution in [1.29, 1.82) is 0 Å². The van der Waals surface area contributed by atoms with Gasteiger partial charge in [0.25, 0.3) is 5.91 Å². The Kier molecular flexibility index (Phi) is 5.78. The molecule has 1 aliphatic rings. The molecular weight excluding hydrogens is 354 g/mol. The van der Waals surface area contributed by atoms with Crippen LogP contribution in [0.5, 0.6) is 5.75 Å². The van der Waals surface area contributed by atoms with Gasteiger partial charge in [0, 0.05) is 23.7 Å². The number of aromatic hydroxyl groups is 1. The largest absolute Gasteiger partial charge is 0.507 e. The van der Waals surface area contributed by atoms with E-state index in [2.05, 4.69) is 0 Å². The second-order valence-electron chi connectivity index (χ2n) is 6.24. The van der Waals surface area contributed by atoms with E-state index >= 15 is 0 Å². The summed E-state index contributed by atoms with van der Waals surface area (Å²) < 4.78 is 5.53. The zero-order chi connectivity index (χ0) is 18.5. The molecule has 0 unspecified atom stereocenters. The minimum atomic E-state index is -1.04. The highest BCUT2D eigenvalue weighted by Crippen LogP contribution is 2.27. The summed E-state index contributed by atoms with van der Waals surface area (Å²) >= 11 is 5.80. The molecule has 0 aromatic heterocycles. The topological polar surface area (TPSA) is 66.8 Å². The molecule has 1 heterocycles. The third kappa shape index (κ3) is 4.17. The van der Waals surface area contributed by atoms with Gasteiger partial charge in [-0.1, -0.05) is 41.9 Å². The minimum Gasteiger partial charge on any atom is -0.507 e. The Hall–Kier alpha value is -2.53. The van der Waals surface area contributed by atoms with Gasteiger partial charge in [-0.15, -0.1) is 0 Å². The summed E-state index contributed by atoms with van der Waals surface area (Å²) in [6.07, 6.45) is 1.94. The number of esters is 1. The number of phenols is 1. The molecule has 1 aliphatic heterocycles. The lowest BCUT2D eigenvalue weighted by atomic mass is 10.1. The van der Waals surface area contributed by atoms with E-state index in [1.807, 2.05) is 6.07 Å². The highest BCUT2D eigenvalue weighted by molar-refractivity contribution is 6.30. The maximum absolute atomic E-state index is 13.0. The van der Waals surface area contributed by atoms with Gasteiger partial charge in [0.15, 0.2) is 0 Å². The molecule has 5 nitrogen and oxygen atoms in total. The van der Waals surface area contributed by atoms with Crippen LogP contribution in [0, 0.1) is 0 Å². The van der Waals surface area contributed by atoms with E-state index in [9.17, 15) is 14.7 Å². The van der Waals surface area contributed by atoms with Crippen molar-refractivity contribution in [3.8, 4) is 5.75 Å². The van der Waals surface area contributed by atoms with Crippen molar-refractivity contribution in [2.45, 2.75) is 25.4 Å². The van der Waals surface area contributed by atoms with E-state index in [0.29, 0.717) is 23.7 Å². The number of likely N-dealkylation sites (tertiary alicyclic amines) is 1. The molecule has 1 saturated heterocycles. The summed E-state index contributed by atoms with van der Waals surface area (Å²) in [4.78, 5) is 27.3. The molecule has 1 N–H and O–H groups in total. The number of hydrogen-bond donors (Lipinski definition) is 1. The van der Waals surface area contributed by atoms with Gasteiger partial charge < -0.3 is 14.7 Å². The van der Waals surface area contributed by atoms with E-state index in [-0.39, 0.29) is 17.2 Å². The Morgan fingerprint density at radius 2 is 1.73 bits per heavy atom. The summed E-state index contributed by atoms with van der Waals surface area (Å²) in [7, 11) is 0. The van der Waals surface area contributed by atoms with E-state index in [1.54, 1.807) is 29.2 Å². The predicted molar refractivity (Wildman–Crippen MR) is 98.1 cm³/mol. The Bertz CT molecular complexity index is 788. The van der Waals surface area contributed by atoms with Gasteiger partial charge in [0.1, 0.15) is 11.3 Å². The molecule has 3 rings (SSSR count). The maximum Gasteiger partial charge on any atom is 0.343 e. The lowest BCUT2D eigenvalue weighted by molar-refractivity contribution is -0.142. The summed E-state index contributed by atoms with van der Waals surface area (Å²) in [5, 5.41) is 10.3. The summed E-state index contributed by atoms with van der Waals surface area (Å²) in [6, 6.07) is 13.1. The number of carbonyl (C=O) groups excluding carboxylic acids is 2. The first kappa shape index (κ1) is 18.3. The number of carbonyl (C=O) groups is 2. The highest BCUT2D eigenvalue weighted by Gasteiger charge is 2.31. The average Bonchev–Trinajstić information content (AvgIpc) is 2.67. The fourth-order valence-electron chi connectivity index (χ4n) is 3.02. The van der Waals surface area contributed by atoms with Gasteiger partial charge in [-0.25, -0.2) is 4.79 Å². The summed E-state index contributed by atoms with van der Waals surface area (Å²) in [6.45, 7) is 1.32. The van der Waals surface area contributed by atoms with Crippen LogP contribution in [-0.4, -0.2) is 35.0 Å². The molecule has 0 spiro atoms. The molecule has 26 heavy (non-hydrogen) atoms. The van der Waals surface area contributed by atoms with Gasteiger partial charge in [-0.3, -0.25) is 4.79 Å². The molecule has 0 aliphatic carbocycles. The van der Waals surface area contributed by atoms with Crippen molar-refractivity contribution in [1.82, 2.24) is 4.90 Å². The van der Waals surface area contributed by atoms with E-state index in [1.165, 1.54) is 18.2 Å². The minimum absolute atomic E-state index is 0.0261. The van der Waals surface area contributed by atoms with Crippen LogP contribution in [0.4, 0.5) is 0 Å². The number of nitrogens with zero attached hydrogens (tertiary/aromatic N) is 1. The number of piperidine rings is 1. The average molecular weight is 374 g/mol. The smallest absolute Gasteiger partial charge is 0.343 e. The molecule has 2 aromatic rings. The van der Waals surface area contributed by atoms with E-state index in [0.717, 1.165) is 19.3 Å². The van der Waals surface area contributed by atoms with Crippen LogP contribution in [-0.2, 0) is 9.53 Å².